The molecule has 3 aromatic rings. The maximum absolute atomic E-state index is 13.6. The van der Waals surface area contributed by atoms with Crippen molar-refractivity contribution in [1.82, 2.24) is 0 Å². The number of aryl methyl sites for hydroxylation is 3. The van der Waals surface area contributed by atoms with Gasteiger partial charge in [0.15, 0.2) is 5.78 Å². The maximum Gasteiger partial charge on any atom is 0.426 e. The summed E-state index contributed by atoms with van der Waals surface area (Å²) in [5, 5.41) is 18.4. The number of ketones is 1. The van der Waals surface area contributed by atoms with Gasteiger partial charge in [-0.2, -0.15) is 13.2 Å². The lowest BCUT2D eigenvalue weighted by molar-refractivity contribution is -0.133. The molecule has 1 heterocycles. The van der Waals surface area contributed by atoms with E-state index >= 15 is 0 Å². The molecule has 4 nitrogen and oxygen atoms in total. The van der Waals surface area contributed by atoms with Crippen molar-refractivity contribution in [3.05, 3.63) is 75.0 Å². The molecular formula is C25H25F3O4S. The van der Waals surface area contributed by atoms with E-state index in [-0.39, 0.29) is 29.3 Å². The Balaban J connectivity index is 1.75. The van der Waals surface area contributed by atoms with Gasteiger partial charge in [-0.15, -0.1) is 11.3 Å². The summed E-state index contributed by atoms with van der Waals surface area (Å²) >= 11 is 0.486. The molecule has 0 bridgehead atoms. The number of rotatable bonds is 9. The Morgan fingerprint density at radius 2 is 1.73 bits per heavy atom. The molecule has 8 heteroatoms. The van der Waals surface area contributed by atoms with E-state index in [9.17, 15) is 23.1 Å². The second-order valence-electron chi connectivity index (χ2n) is 7.85. The number of ether oxygens (including phenoxy) is 1. The van der Waals surface area contributed by atoms with Gasteiger partial charge in [0, 0.05) is 12.0 Å². The number of halogens is 3. The topological polar surface area (TPSA) is 66.8 Å². The van der Waals surface area contributed by atoms with Gasteiger partial charge in [-0.1, -0.05) is 42.5 Å². The van der Waals surface area contributed by atoms with Crippen molar-refractivity contribution >= 4 is 17.1 Å². The Morgan fingerprint density at radius 3 is 2.30 bits per heavy atom. The lowest BCUT2D eigenvalue weighted by Gasteiger charge is -2.15. The van der Waals surface area contributed by atoms with Crippen LogP contribution in [0, 0.1) is 13.8 Å². The summed E-state index contributed by atoms with van der Waals surface area (Å²) in [7, 11) is 0. The standard InChI is InChI=1S/C25H25F3O4S/c1-15-10-17(11-16(2)23(15)32-14-19(30)13-29)8-9-21(31)22-12-20(18-6-4-3-5-7-18)24(33-22)25(26,27)28/h3-7,10-12,19,29-30H,8-9,13-14H2,1-2H3/t19-/m0/s1. The van der Waals surface area contributed by atoms with E-state index < -0.39 is 23.8 Å². The number of hydrogen-bond donors (Lipinski definition) is 2. The number of carbonyl (C=O) groups excluding carboxylic acids is 1. The first-order valence-corrected chi connectivity index (χ1v) is 11.2. The van der Waals surface area contributed by atoms with Crippen LogP contribution in [0.25, 0.3) is 11.1 Å². The quantitative estimate of drug-likeness (QED) is 0.393. The first-order valence-electron chi connectivity index (χ1n) is 10.4. The maximum atomic E-state index is 13.6. The van der Waals surface area contributed by atoms with Crippen molar-refractivity contribution in [3.63, 3.8) is 0 Å². The van der Waals surface area contributed by atoms with Gasteiger partial charge in [-0.3, -0.25) is 4.79 Å². The van der Waals surface area contributed by atoms with Gasteiger partial charge in [0.2, 0.25) is 0 Å². The van der Waals surface area contributed by atoms with Gasteiger partial charge in [0.05, 0.1) is 11.5 Å². The minimum atomic E-state index is -4.54. The van der Waals surface area contributed by atoms with Crippen molar-refractivity contribution in [2.45, 2.75) is 39.0 Å². The number of thiophene rings is 1. The molecule has 1 aromatic heterocycles. The van der Waals surface area contributed by atoms with E-state index in [0.29, 0.717) is 29.1 Å². The van der Waals surface area contributed by atoms with Gasteiger partial charge >= 0.3 is 6.18 Å². The van der Waals surface area contributed by atoms with Crippen molar-refractivity contribution in [1.29, 1.82) is 0 Å². The van der Waals surface area contributed by atoms with Crippen LogP contribution in [0.15, 0.2) is 48.5 Å². The summed E-state index contributed by atoms with van der Waals surface area (Å²) < 4.78 is 46.3. The average molecular weight is 479 g/mol. The van der Waals surface area contributed by atoms with E-state index in [4.69, 9.17) is 9.84 Å². The third kappa shape index (κ3) is 6.22. The van der Waals surface area contributed by atoms with Crippen LogP contribution in [-0.2, 0) is 12.6 Å². The average Bonchev–Trinajstić information content (AvgIpc) is 3.23. The molecule has 3 rings (SSSR count). The summed E-state index contributed by atoms with van der Waals surface area (Å²) in [4.78, 5) is 12.1. The predicted octanol–water partition coefficient (Wildman–Crippen LogP) is 5.60. The lowest BCUT2D eigenvalue weighted by Crippen LogP contribution is -2.21. The molecule has 0 saturated heterocycles. The molecule has 0 aliphatic rings. The van der Waals surface area contributed by atoms with E-state index in [2.05, 4.69) is 0 Å². The molecule has 176 valence electrons. The number of aliphatic hydroxyl groups excluding tert-OH is 2. The van der Waals surface area contributed by atoms with E-state index in [0.717, 1.165) is 16.7 Å². The van der Waals surface area contributed by atoms with Crippen molar-refractivity contribution < 1.29 is 32.9 Å². The Kier molecular flexibility index (Phi) is 7.94. The SMILES string of the molecule is Cc1cc(CCC(=O)c2cc(-c3ccccc3)c(C(F)(F)F)s2)cc(C)c1OC[C@@H](O)CO. The van der Waals surface area contributed by atoms with Crippen LogP contribution >= 0.6 is 11.3 Å². The molecule has 0 fully saturated rings. The first-order chi connectivity index (χ1) is 15.6. The first kappa shape index (κ1) is 25.0. The van der Waals surface area contributed by atoms with Crippen LogP contribution in [-0.4, -0.2) is 35.3 Å². The minimum absolute atomic E-state index is 0.0229. The number of aliphatic hydroxyl groups is 2. The van der Waals surface area contributed by atoms with Crippen LogP contribution in [0.5, 0.6) is 5.75 Å². The smallest absolute Gasteiger partial charge is 0.426 e. The Morgan fingerprint density at radius 1 is 1.09 bits per heavy atom. The lowest BCUT2D eigenvalue weighted by atomic mass is 10.00. The van der Waals surface area contributed by atoms with Crippen LogP contribution in [0.3, 0.4) is 0 Å². The Hall–Kier alpha value is -2.68. The third-order valence-electron chi connectivity index (χ3n) is 5.14. The Bertz CT molecular complexity index is 1080. The van der Waals surface area contributed by atoms with Crippen LogP contribution in [0.4, 0.5) is 13.2 Å². The largest absolute Gasteiger partial charge is 0.490 e. The van der Waals surface area contributed by atoms with Gasteiger partial charge in [-0.25, -0.2) is 0 Å². The van der Waals surface area contributed by atoms with Gasteiger partial charge in [0.1, 0.15) is 23.3 Å². The number of hydrogen-bond acceptors (Lipinski definition) is 5. The van der Waals surface area contributed by atoms with E-state index in [1.165, 1.54) is 6.07 Å². The second kappa shape index (κ2) is 10.5. The number of Topliss-reactive ketones (excluding diaryl/α,β-unsaturated/α-hetero) is 1. The molecule has 0 amide bonds. The summed E-state index contributed by atoms with van der Waals surface area (Å²) in [6, 6.07) is 13.3. The summed E-state index contributed by atoms with van der Waals surface area (Å²) in [6.45, 7) is 3.22. The fourth-order valence-corrected chi connectivity index (χ4v) is 4.61. The van der Waals surface area contributed by atoms with Crippen LogP contribution in [0.2, 0.25) is 0 Å². The highest BCUT2D eigenvalue weighted by Gasteiger charge is 2.37. The zero-order valence-electron chi connectivity index (χ0n) is 18.3. The molecule has 0 unspecified atom stereocenters. The van der Waals surface area contributed by atoms with E-state index in [1.54, 1.807) is 30.3 Å². The molecule has 1 atom stereocenters. The molecule has 33 heavy (non-hydrogen) atoms. The van der Waals surface area contributed by atoms with Crippen molar-refractivity contribution in [2.24, 2.45) is 0 Å². The van der Waals surface area contributed by atoms with E-state index in [1.807, 2.05) is 26.0 Å². The van der Waals surface area contributed by atoms with Crippen LogP contribution in [0.1, 0.15) is 37.7 Å². The van der Waals surface area contributed by atoms with Gasteiger partial charge < -0.3 is 14.9 Å². The number of carbonyl (C=O) groups is 1. The number of alkyl halides is 3. The molecule has 2 aromatic carbocycles. The van der Waals surface area contributed by atoms with Crippen molar-refractivity contribution in [2.75, 3.05) is 13.2 Å². The monoisotopic (exact) mass is 478 g/mol. The molecule has 0 spiro atoms. The summed E-state index contributed by atoms with van der Waals surface area (Å²) in [6.07, 6.45) is -5.06. The zero-order valence-corrected chi connectivity index (χ0v) is 19.1. The highest BCUT2D eigenvalue weighted by Crippen LogP contribution is 2.43. The minimum Gasteiger partial charge on any atom is -0.490 e. The molecule has 0 aliphatic carbocycles. The summed E-state index contributed by atoms with van der Waals surface area (Å²) in [5.74, 6) is 0.257. The molecule has 0 radical (unpaired) electrons. The van der Waals surface area contributed by atoms with Gasteiger partial charge in [0.25, 0.3) is 0 Å². The number of benzene rings is 2. The zero-order chi connectivity index (χ0) is 24.2. The molecule has 2 N–H and O–H groups in total. The second-order valence-corrected chi connectivity index (χ2v) is 8.90. The van der Waals surface area contributed by atoms with Gasteiger partial charge in [-0.05, 0) is 48.6 Å². The summed E-state index contributed by atoms with van der Waals surface area (Å²) in [5.41, 5.74) is 2.93. The third-order valence-corrected chi connectivity index (χ3v) is 6.36. The van der Waals surface area contributed by atoms with Crippen LogP contribution < -0.4 is 4.74 Å². The van der Waals surface area contributed by atoms with Crippen molar-refractivity contribution in [3.8, 4) is 16.9 Å². The fraction of sp³-hybridized carbons (Fsp3) is 0.320. The molecular weight excluding hydrogens is 453 g/mol. The highest BCUT2D eigenvalue weighted by molar-refractivity contribution is 7.14. The molecule has 0 saturated carbocycles. The Labute approximate surface area is 194 Å². The highest BCUT2D eigenvalue weighted by atomic mass is 32.1. The molecule has 0 aliphatic heterocycles. The predicted molar refractivity (Wildman–Crippen MR) is 122 cm³/mol. The fourth-order valence-electron chi connectivity index (χ4n) is 3.60. The normalized spacial score (nSPS) is 12.6.